The number of aromatic nitrogens is 2. The van der Waals surface area contributed by atoms with E-state index in [-0.39, 0.29) is 77.5 Å². The first-order valence-electron chi connectivity index (χ1n) is 30.0. The van der Waals surface area contributed by atoms with E-state index in [1.807, 2.05) is 155 Å². The molecule has 6 atom stereocenters. The van der Waals surface area contributed by atoms with Crippen molar-refractivity contribution in [2.45, 2.75) is 200 Å². The third-order valence-corrected chi connectivity index (χ3v) is 25.6. The lowest BCUT2D eigenvalue weighted by atomic mass is 9.88. The molecular formula is C67H98N6O10Si2. The minimum atomic E-state index is -2.20. The van der Waals surface area contributed by atoms with Gasteiger partial charge in [0, 0.05) is 79.1 Å². The van der Waals surface area contributed by atoms with Crippen LogP contribution in [0.2, 0.25) is 36.3 Å². The summed E-state index contributed by atoms with van der Waals surface area (Å²) in [5.41, 5.74) is 11.3. The van der Waals surface area contributed by atoms with Crippen molar-refractivity contribution in [3.63, 3.8) is 0 Å². The van der Waals surface area contributed by atoms with E-state index in [0.29, 0.717) is 32.7 Å². The number of alkyl carbamates (subject to hydrolysis) is 1. The van der Waals surface area contributed by atoms with E-state index >= 15 is 0 Å². The van der Waals surface area contributed by atoms with Crippen molar-refractivity contribution in [1.82, 2.24) is 25.1 Å². The van der Waals surface area contributed by atoms with Crippen LogP contribution in [0.3, 0.4) is 0 Å². The third kappa shape index (κ3) is 18.5. The number of nitrogens with two attached hydrogens (primary N) is 1. The summed E-state index contributed by atoms with van der Waals surface area (Å²) in [6, 6.07) is 35.0. The molecule has 0 unspecified atom stereocenters. The van der Waals surface area contributed by atoms with Gasteiger partial charge in [-0.1, -0.05) is 139 Å². The maximum Gasteiger partial charge on any atom is 0.410 e. The number of likely N-dealkylation sites (tertiary alicyclic amines) is 2. The SMILES string of the molecule is CC(=O)OCc1ccccc1.CC(C)(C)OC(=O)N1CC[C@H](O[Si](C)(C)C(C)(C)C)[C@H]1[C@@H](CN)c1c[nH]c2ccccc12.CC(C)(C)OC(=O)N1CC[C@H](O[Si](C)(C)C(C)(C)C)[C@H]1[C@@H](CNC(=O)OCc1ccccc1)c1c[nH]c2ccccc12. The number of nitrogens with zero attached hydrogens (tertiary/aromatic N) is 2. The van der Waals surface area contributed by atoms with Crippen LogP contribution in [0.25, 0.3) is 21.8 Å². The second-order valence-electron chi connectivity index (χ2n) is 27.5. The fourth-order valence-electron chi connectivity index (χ4n) is 10.4. The molecule has 4 aromatic carbocycles. The number of rotatable bonds is 15. The van der Waals surface area contributed by atoms with Crippen molar-refractivity contribution in [3.8, 4) is 0 Å². The lowest BCUT2D eigenvalue weighted by molar-refractivity contribution is -0.142. The van der Waals surface area contributed by atoms with Gasteiger partial charge in [-0.25, -0.2) is 14.4 Å². The van der Waals surface area contributed by atoms with E-state index in [2.05, 4.69) is 101 Å². The van der Waals surface area contributed by atoms with Crippen molar-refractivity contribution in [3.05, 3.63) is 144 Å². The van der Waals surface area contributed by atoms with Gasteiger partial charge in [-0.15, -0.1) is 0 Å². The molecule has 2 aromatic heterocycles. The molecule has 3 amide bonds. The van der Waals surface area contributed by atoms with E-state index < -0.39 is 33.9 Å². The molecule has 16 nitrogen and oxygen atoms in total. The Hall–Kier alpha value is -6.45. The summed E-state index contributed by atoms with van der Waals surface area (Å²) in [4.78, 5) is 60.7. The summed E-state index contributed by atoms with van der Waals surface area (Å²) < 4.78 is 35.9. The first-order valence-corrected chi connectivity index (χ1v) is 35.8. The van der Waals surface area contributed by atoms with Gasteiger partial charge >= 0.3 is 24.2 Å². The molecule has 2 fully saturated rings. The molecule has 0 spiro atoms. The molecule has 6 aromatic rings. The van der Waals surface area contributed by atoms with Crippen molar-refractivity contribution < 1.29 is 47.0 Å². The van der Waals surface area contributed by atoms with Gasteiger partial charge in [0.25, 0.3) is 0 Å². The number of carbonyl (C=O) groups is 4. The normalized spacial score (nSPS) is 18.4. The Kier molecular flexibility index (Phi) is 22.6. The highest BCUT2D eigenvalue weighted by molar-refractivity contribution is 6.74. The molecule has 8 rings (SSSR count). The van der Waals surface area contributed by atoms with E-state index in [1.165, 1.54) is 6.92 Å². The molecule has 5 N–H and O–H groups in total. The predicted octanol–water partition coefficient (Wildman–Crippen LogP) is 14.9. The maximum atomic E-state index is 13.7. The molecule has 464 valence electrons. The van der Waals surface area contributed by atoms with Crippen molar-refractivity contribution in [2.75, 3.05) is 26.2 Å². The first kappa shape index (κ1) is 67.7. The lowest BCUT2D eigenvalue weighted by Crippen LogP contribution is -2.52. The number of hydrogen-bond donors (Lipinski definition) is 4. The number of fused-ring (bicyclic) bond motifs is 2. The van der Waals surface area contributed by atoms with Crippen molar-refractivity contribution >= 4 is 62.7 Å². The number of para-hydroxylation sites is 2. The largest absolute Gasteiger partial charge is 0.461 e. The predicted molar refractivity (Wildman–Crippen MR) is 345 cm³/mol. The van der Waals surface area contributed by atoms with E-state index in [0.717, 1.165) is 50.5 Å². The zero-order chi connectivity index (χ0) is 62.7. The number of aromatic amines is 2. The van der Waals surface area contributed by atoms with Crippen LogP contribution >= 0.6 is 0 Å². The van der Waals surface area contributed by atoms with Crippen LogP contribution < -0.4 is 11.1 Å². The summed E-state index contributed by atoms with van der Waals surface area (Å²) in [6.45, 7) is 37.5. The average molecular weight is 1200 g/mol. The molecular weight excluding hydrogens is 1100 g/mol. The average Bonchev–Trinajstić information content (AvgIpc) is 3.29. The van der Waals surface area contributed by atoms with Gasteiger partial charge in [-0.05, 0) is 125 Å². The molecule has 2 saturated heterocycles. The van der Waals surface area contributed by atoms with E-state index in [4.69, 9.17) is 33.5 Å². The van der Waals surface area contributed by atoms with Gasteiger partial charge in [0.05, 0.1) is 24.3 Å². The molecule has 18 heteroatoms. The summed E-state index contributed by atoms with van der Waals surface area (Å²) >= 11 is 0. The first-order chi connectivity index (χ1) is 39.7. The molecule has 0 saturated carbocycles. The minimum absolute atomic E-state index is 0.00728. The van der Waals surface area contributed by atoms with Crippen LogP contribution in [0.1, 0.15) is 137 Å². The van der Waals surface area contributed by atoms with Gasteiger partial charge in [-0.3, -0.25) is 4.79 Å². The van der Waals surface area contributed by atoms with Gasteiger partial charge in [0.2, 0.25) is 0 Å². The molecule has 2 aliphatic heterocycles. The Morgan fingerprint density at radius 2 is 0.941 bits per heavy atom. The van der Waals surface area contributed by atoms with Crippen LogP contribution in [-0.2, 0) is 45.8 Å². The number of esters is 1. The maximum absolute atomic E-state index is 13.7. The zero-order valence-electron chi connectivity index (χ0n) is 53.7. The second kappa shape index (κ2) is 28.4. The molecule has 4 heterocycles. The smallest absolute Gasteiger partial charge is 0.410 e. The number of ether oxygens (including phenoxy) is 4. The molecule has 2 aliphatic rings. The molecule has 85 heavy (non-hydrogen) atoms. The third-order valence-electron chi connectivity index (χ3n) is 16.6. The fraction of sp³-hybridized carbons (Fsp3) is 0.522. The summed E-state index contributed by atoms with van der Waals surface area (Å²) in [5, 5.41) is 5.27. The standard InChI is InChI=1S/C33H47N3O5Si.C25H41N3O3Si.C9H10O2/c1-32(2,3)40-31(38)36-19-18-28(41-42(7,8)33(4,5)6)29(36)26(25-20-34-27-17-13-12-16-24(25)27)21-35-30(37)39-22-23-14-10-9-11-15-23;1-24(2,3)30-23(29)28-14-13-21(31-32(7,8)25(4,5)6)22(28)18(15-26)19-16-27-20-12-10-9-11-17(19)20;1-8(10)11-7-9-5-3-2-4-6-9/h9-17,20,26,28-29,34H,18-19,21-22H2,1-8H3,(H,35,37);9-12,16,18,21-22,27H,13-15,26H2,1-8H3;2-6H,7H2,1H3/t26-,28-,29+;18-,21-,22+;/m00./s1. The van der Waals surface area contributed by atoms with Gasteiger partial charge in [0.1, 0.15) is 24.4 Å². The number of H-pyrrole nitrogens is 2. The summed E-state index contributed by atoms with van der Waals surface area (Å²) in [7, 11) is -4.25. The Balaban J connectivity index is 0.000000236. The van der Waals surface area contributed by atoms with Gasteiger partial charge in [-0.2, -0.15) is 0 Å². The summed E-state index contributed by atoms with van der Waals surface area (Å²) in [5.74, 6) is -0.583. The van der Waals surface area contributed by atoms with Crippen LogP contribution in [0.5, 0.6) is 0 Å². The number of hydrogen-bond acceptors (Lipinski definition) is 11. The van der Waals surface area contributed by atoms with Crippen molar-refractivity contribution in [2.24, 2.45) is 5.73 Å². The van der Waals surface area contributed by atoms with Gasteiger partial charge in [0.15, 0.2) is 16.6 Å². The Morgan fingerprint density at radius 1 is 0.565 bits per heavy atom. The van der Waals surface area contributed by atoms with E-state index in [1.54, 1.807) is 0 Å². The number of benzene rings is 4. The highest BCUT2D eigenvalue weighted by Gasteiger charge is 2.51. The van der Waals surface area contributed by atoms with Crippen LogP contribution in [0, 0.1) is 0 Å². The van der Waals surface area contributed by atoms with Crippen LogP contribution in [0.4, 0.5) is 14.4 Å². The Labute approximate surface area is 507 Å². The highest BCUT2D eigenvalue weighted by atomic mass is 28.4. The van der Waals surface area contributed by atoms with Crippen LogP contribution in [-0.4, -0.2) is 122 Å². The number of amides is 3. The van der Waals surface area contributed by atoms with E-state index in [9.17, 15) is 19.2 Å². The minimum Gasteiger partial charge on any atom is -0.461 e. The van der Waals surface area contributed by atoms with Gasteiger partial charge < -0.3 is 58.6 Å². The van der Waals surface area contributed by atoms with Crippen molar-refractivity contribution in [1.29, 1.82) is 0 Å². The Bertz CT molecular complexity index is 3120. The van der Waals surface area contributed by atoms with Crippen LogP contribution in [0.15, 0.2) is 122 Å². The number of carbonyl (C=O) groups excluding carboxylic acids is 4. The topological polar surface area (TPSA) is 200 Å². The number of nitrogens with one attached hydrogen (secondary N) is 3. The lowest BCUT2D eigenvalue weighted by Gasteiger charge is -2.42. The highest BCUT2D eigenvalue weighted by Crippen LogP contribution is 2.45. The monoisotopic (exact) mass is 1200 g/mol. The zero-order valence-corrected chi connectivity index (χ0v) is 55.7. The molecule has 0 radical (unpaired) electrons. The summed E-state index contributed by atoms with van der Waals surface area (Å²) in [6.07, 6.45) is 4.03. The molecule has 0 aliphatic carbocycles. The quantitative estimate of drug-likeness (QED) is 0.0433. The Morgan fingerprint density at radius 3 is 1.33 bits per heavy atom. The second-order valence-corrected chi connectivity index (χ2v) is 37.0. The molecule has 0 bridgehead atoms. The fourth-order valence-corrected chi connectivity index (χ4v) is 13.1.